The number of ether oxygens (including phenoxy) is 2. The van der Waals surface area contributed by atoms with Crippen molar-refractivity contribution in [1.82, 2.24) is 10.2 Å². The first-order valence-electron chi connectivity index (χ1n) is 10.6. The van der Waals surface area contributed by atoms with Crippen molar-refractivity contribution in [3.63, 3.8) is 0 Å². The van der Waals surface area contributed by atoms with Gasteiger partial charge in [-0.05, 0) is 36.4 Å². The lowest BCUT2D eigenvalue weighted by Gasteiger charge is -2.34. The topological polar surface area (TPSA) is 111 Å². The number of fused-ring (bicyclic) bond motifs is 1. The van der Waals surface area contributed by atoms with Crippen LogP contribution in [-0.4, -0.2) is 44.3 Å². The summed E-state index contributed by atoms with van der Waals surface area (Å²) in [4.78, 5) is 13.2. The molecule has 0 spiro atoms. The van der Waals surface area contributed by atoms with Crippen LogP contribution in [0.25, 0.3) is 10.6 Å². The Hall–Kier alpha value is -3.96. The van der Waals surface area contributed by atoms with Gasteiger partial charge in [-0.3, -0.25) is 14.4 Å². The summed E-state index contributed by atoms with van der Waals surface area (Å²) in [6.45, 7) is -0.207. The lowest BCUT2D eigenvalue weighted by Crippen LogP contribution is -2.48. The van der Waals surface area contributed by atoms with Crippen LogP contribution in [-0.2, 0) is 14.8 Å². The molecule has 0 aliphatic carbocycles. The second-order valence-electron chi connectivity index (χ2n) is 7.55. The summed E-state index contributed by atoms with van der Waals surface area (Å²) in [5.74, 6) is 0.305. The molecule has 0 bridgehead atoms. The molecule has 0 fully saturated rings. The van der Waals surface area contributed by atoms with Crippen molar-refractivity contribution in [3.8, 4) is 22.1 Å². The van der Waals surface area contributed by atoms with Gasteiger partial charge in [0, 0.05) is 5.56 Å². The molecule has 4 aromatic rings. The van der Waals surface area contributed by atoms with Gasteiger partial charge in [-0.25, -0.2) is 8.42 Å². The fourth-order valence-corrected chi connectivity index (χ4v) is 5.83. The number of amides is 1. The molecular formula is C24H20N4O5S2. The molecule has 178 valence electrons. The summed E-state index contributed by atoms with van der Waals surface area (Å²) in [5, 5.41) is 11.8. The number of para-hydroxylation sites is 2. The fraction of sp³-hybridized carbons (Fsp3) is 0.125. The first-order valence-corrected chi connectivity index (χ1v) is 12.8. The van der Waals surface area contributed by atoms with Gasteiger partial charge < -0.3 is 9.47 Å². The summed E-state index contributed by atoms with van der Waals surface area (Å²) in [7, 11) is -2.47. The van der Waals surface area contributed by atoms with Gasteiger partial charge in [0.1, 0.15) is 16.5 Å². The molecule has 3 aromatic carbocycles. The van der Waals surface area contributed by atoms with Crippen molar-refractivity contribution >= 4 is 38.1 Å². The molecule has 0 saturated heterocycles. The molecule has 0 saturated carbocycles. The monoisotopic (exact) mass is 508 g/mol. The zero-order valence-corrected chi connectivity index (χ0v) is 20.1. The normalized spacial score (nSPS) is 15.1. The number of sulfonamides is 1. The number of nitrogens with one attached hydrogen (secondary N) is 1. The Kier molecular flexibility index (Phi) is 6.10. The van der Waals surface area contributed by atoms with Gasteiger partial charge in [-0.2, -0.15) is 0 Å². The van der Waals surface area contributed by atoms with Crippen LogP contribution in [0.2, 0.25) is 0 Å². The van der Waals surface area contributed by atoms with Crippen LogP contribution in [0.3, 0.4) is 0 Å². The van der Waals surface area contributed by atoms with Gasteiger partial charge in [0.25, 0.3) is 15.9 Å². The van der Waals surface area contributed by atoms with E-state index in [-0.39, 0.29) is 11.4 Å². The maximum absolute atomic E-state index is 13.5. The van der Waals surface area contributed by atoms with E-state index in [2.05, 4.69) is 15.5 Å². The highest BCUT2D eigenvalue weighted by Crippen LogP contribution is 2.37. The third-order valence-corrected chi connectivity index (χ3v) is 8.03. The third-order valence-electron chi connectivity index (χ3n) is 5.35. The third kappa shape index (κ3) is 4.55. The highest BCUT2D eigenvalue weighted by Gasteiger charge is 2.37. The molecule has 11 heteroatoms. The number of nitrogens with zero attached hydrogens (tertiary/aromatic N) is 3. The summed E-state index contributed by atoms with van der Waals surface area (Å²) in [6.07, 6.45) is -1.10. The van der Waals surface area contributed by atoms with Crippen molar-refractivity contribution in [2.45, 2.75) is 11.0 Å². The van der Waals surface area contributed by atoms with E-state index in [9.17, 15) is 13.2 Å². The number of carbonyl (C=O) groups excluding carboxylic acids is 1. The Labute approximate surface area is 206 Å². The van der Waals surface area contributed by atoms with Crippen molar-refractivity contribution in [2.24, 2.45) is 0 Å². The van der Waals surface area contributed by atoms with Crippen molar-refractivity contribution in [1.29, 1.82) is 0 Å². The molecule has 2 heterocycles. The molecular weight excluding hydrogens is 488 g/mol. The summed E-state index contributed by atoms with van der Waals surface area (Å²) < 4.78 is 39.2. The van der Waals surface area contributed by atoms with Crippen molar-refractivity contribution < 1.29 is 22.7 Å². The van der Waals surface area contributed by atoms with Gasteiger partial charge in [-0.15, -0.1) is 10.2 Å². The van der Waals surface area contributed by atoms with Crippen LogP contribution >= 0.6 is 11.3 Å². The van der Waals surface area contributed by atoms with E-state index in [0.717, 1.165) is 5.56 Å². The number of methoxy groups -OCH3 is 1. The Balaban J connectivity index is 1.40. The number of hydrogen-bond acceptors (Lipinski definition) is 8. The van der Waals surface area contributed by atoms with Gasteiger partial charge in [-0.1, -0.05) is 53.8 Å². The quantitative estimate of drug-likeness (QED) is 0.422. The Bertz CT molecular complexity index is 1460. The van der Waals surface area contributed by atoms with E-state index in [1.54, 1.807) is 36.4 Å². The molecule has 0 unspecified atom stereocenters. The van der Waals surface area contributed by atoms with Gasteiger partial charge in [0.05, 0.1) is 24.2 Å². The highest BCUT2D eigenvalue weighted by atomic mass is 32.2. The first kappa shape index (κ1) is 22.8. The largest absolute Gasteiger partial charge is 0.497 e. The maximum atomic E-state index is 13.5. The van der Waals surface area contributed by atoms with E-state index in [0.29, 0.717) is 27.3 Å². The van der Waals surface area contributed by atoms with Gasteiger partial charge in [0.15, 0.2) is 6.10 Å². The van der Waals surface area contributed by atoms with Gasteiger partial charge >= 0.3 is 0 Å². The number of benzene rings is 3. The Morgan fingerprint density at radius 2 is 1.74 bits per heavy atom. The number of carbonyl (C=O) groups is 1. The number of hydrogen-bond donors (Lipinski definition) is 1. The number of rotatable bonds is 6. The Morgan fingerprint density at radius 1 is 1.03 bits per heavy atom. The fourth-order valence-electron chi connectivity index (χ4n) is 3.60. The van der Waals surface area contributed by atoms with E-state index in [1.807, 2.05) is 30.3 Å². The second-order valence-corrected chi connectivity index (χ2v) is 10.4. The SMILES string of the molecule is COc1ccc(S(=O)(=O)N2C[C@@H](C(=O)Nc3nnc(-c4ccccc4)s3)Oc3ccccc32)cc1. The first-order chi connectivity index (χ1) is 17.0. The lowest BCUT2D eigenvalue weighted by atomic mass is 10.2. The van der Waals surface area contributed by atoms with E-state index in [1.165, 1.54) is 34.9 Å². The molecule has 35 heavy (non-hydrogen) atoms. The summed E-state index contributed by atoms with van der Waals surface area (Å²) in [6, 6.07) is 22.3. The Morgan fingerprint density at radius 3 is 2.49 bits per heavy atom. The summed E-state index contributed by atoms with van der Waals surface area (Å²) in [5.41, 5.74) is 1.24. The van der Waals surface area contributed by atoms with Crippen LogP contribution in [0.1, 0.15) is 0 Å². The van der Waals surface area contributed by atoms with Crippen molar-refractivity contribution in [2.75, 3.05) is 23.3 Å². The second kappa shape index (κ2) is 9.35. The van der Waals surface area contributed by atoms with Crippen LogP contribution in [0.15, 0.2) is 83.8 Å². The predicted octanol–water partition coefficient (Wildman–Crippen LogP) is 3.81. The molecule has 1 aliphatic heterocycles. The zero-order valence-electron chi connectivity index (χ0n) is 18.5. The van der Waals surface area contributed by atoms with Crippen LogP contribution in [0.5, 0.6) is 11.5 Å². The highest BCUT2D eigenvalue weighted by molar-refractivity contribution is 7.92. The number of aromatic nitrogens is 2. The minimum Gasteiger partial charge on any atom is -0.497 e. The smallest absolute Gasteiger partial charge is 0.269 e. The maximum Gasteiger partial charge on any atom is 0.269 e. The predicted molar refractivity (Wildman–Crippen MR) is 132 cm³/mol. The van der Waals surface area contributed by atoms with Crippen LogP contribution in [0, 0.1) is 0 Å². The molecule has 1 N–H and O–H groups in total. The average Bonchev–Trinajstić information content (AvgIpc) is 3.37. The summed E-state index contributed by atoms with van der Waals surface area (Å²) >= 11 is 1.22. The minimum absolute atomic E-state index is 0.0748. The van der Waals surface area contributed by atoms with E-state index >= 15 is 0 Å². The van der Waals surface area contributed by atoms with Gasteiger partial charge in [0.2, 0.25) is 5.13 Å². The molecule has 5 rings (SSSR count). The standard InChI is InChI=1S/C24H20N4O5S2/c1-32-17-11-13-18(14-12-17)35(30,31)28-15-21(33-20-10-6-5-9-19(20)28)22(29)25-24-27-26-23(34-24)16-7-3-2-4-8-16/h2-14,21H,15H2,1H3,(H,25,27,29)/t21-/m0/s1. The van der Waals surface area contributed by atoms with E-state index < -0.39 is 22.0 Å². The number of anilines is 2. The molecule has 9 nitrogen and oxygen atoms in total. The molecule has 1 amide bonds. The molecule has 1 aromatic heterocycles. The molecule has 1 aliphatic rings. The van der Waals surface area contributed by atoms with Crippen molar-refractivity contribution in [3.05, 3.63) is 78.9 Å². The molecule has 0 radical (unpaired) electrons. The zero-order chi connectivity index (χ0) is 24.4. The average molecular weight is 509 g/mol. The van der Waals surface area contributed by atoms with Crippen LogP contribution in [0.4, 0.5) is 10.8 Å². The van der Waals surface area contributed by atoms with E-state index in [4.69, 9.17) is 9.47 Å². The van der Waals surface area contributed by atoms with Crippen LogP contribution < -0.4 is 19.1 Å². The minimum atomic E-state index is -3.98. The lowest BCUT2D eigenvalue weighted by molar-refractivity contribution is -0.122. The molecule has 1 atom stereocenters.